The van der Waals surface area contributed by atoms with Crippen molar-refractivity contribution in [1.82, 2.24) is 4.90 Å². The molecule has 1 heterocycles. The van der Waals surface area contributed by atoms with Gasteiger partial charge in [0.1, 0.15) is 0 Å². The Kier molecular flexibility index (Phi) is 3.43. The molecule has 2 atom stereocenters. The summed E-state index contributed by atoms with van der Waals surface area (Å²) >= 11 is 3.36. The summed E-state index contributed by atoms with van der Waals surface area (Å²) in [7, 11) is 0. The van der Waals surface area contributed by atoms with Gasteiger partial charge < -0.3 is 10.6 Å². The Balaban J connectivity index is 2.20. The number of hydrogen-bond donors (Lipinski definition) is 1. The van der Waals surface area contributed by atoms with Crippen LogP contribution in [0.4, 0.5) is 5.69 Å². The second-order valence-electron chi connectivity index (χ2n) is 4.94. The van der Waals surface area contributed by atoms with Crippen LogP contribution in [0.2, 0.25) is 0 Å². The molecule has 0 aliphatic carbocycles. The van der Waals surface area contributed by atoms with Gasteiger partial charge >= 0.3 is 0 Å². The van der Waals surface area contributed by atoms with Crippen molar-refractivity contribution in [3.05, 3.63) is 28.2 Å². The van der Waals surface area contributed by atoms with Crippen LogP contribution >= 0.6 is 15.9 Å². The third kappa shape index (κ3) is 2.63. The Hall–Kier alpha value is -1.03. The van der Waals surface area contributed by atoms with E-state index in [-0.39, 0.29) is 5.91 Å². The van der Waals surface area contributed by atoms with Crippen molar-refractivity contribution in [3.8, 4) is 0 Å². The largest absolute Gasteiger partial charge is 0.399 e. The fraction of sp³-hybridized carbons (Fsp3) is 0.462. The Morgan fingerprint density at radius 2 is 1.88 bits per heavy atom. The maximum atomic E-state index is 12.3. The smallest absolute Gasteiger partial charge is 0.253 e. The normalized spacial score (nSPS) is 24.1. The van der Waals surface area contributed by atoms with Gasteiger partial charge in [-0.2, -0.15) is 0 Å². The first-order valence-corrected chi connectivity index (χ1v) is 6.62. The third-order valence-corrected chi connectivity index (χ3v) is 3.90. The van der Waals surface area contributed by atoms with Gasteiger partial charge in [-0.25, -0.2) is 0 Å². The molecular formula is C13H17BrN2O. The van der Waals surface area contributed by atoms with E-state index in [0.29, 0.717) is 23.1 Å². The Bertz CT molecular complexity index is 417. The highest BCUT2D eigenvalue weighted by molar-refractivity contribution is 9.10. The monoisotopic (exact) mass is 296 g/mol. The highest BCUT2D eigenvalue weighted by atomic mass is 79.9. The molecule has 1 saturated heterocycles. The summed E-state index contributed by atoms with van der Waals surface area (Å²) in [6.45, 7) is 6.05. The Labute approximate surface area is 110 Å². The van der Waals surface area contributed by atoms with E-state index in [2.05, 4.69) is 29.8 Å². The topological polar surface area (TPSA) is 46.3 Å². The molecule has 2 unspecified atom stereocenters. The number of halogens is 1. The molecule has 1 aliphatic rings. The van der Waals surface area contributed by atoms with Crippen molar-refractivity contribution in [3.63, 3.8) is 0 Å². The van der Waals surface area contributed by atoms with E-state index in [9.17, 15) is 4.79 Å². The summed E-state index contributed by atoms with van der Waals surface area (Å²) in [6.07, 6.45) is 0. The van der Waals surface area contributed by atoms with Crippen molar-refractivity contribution < 1.29 is 4.79 Å². The van der Waals surface area contributed by atoms with Crippen LogP contribution < -0.4 is 5.73 Å². The average Bonchev–Trinajstić information content (AvgIpc) is 2.57. The number of nitrogen functional groups attached to an aromatic ring is 1. The molecule has 17 heavy (non-hydrogen) atoms. The highest BCUT2D eigenvalue weighted by Crippen LogP contribution is 2.25. The molecular weight excluding hydrogens is 280 g/mol. The zero-order valence-corrected chi connectivity index (χ0v) is 11.7. The molecule has 0 spiro atoms. The van der Waals surface area contributed by atoms with Crippen LogP contribution in [0.25, 0.3) is 0 Å². The van der Waals surface area contributed by atoms with Crippen LogP contribution in [0.15, 0.2) is 22.7 Å². The zero-order valence-electron chi connectivity index (χ0n) is 10.1. The fourth-order valence-electron chi connectivity index (χ4n) is 2.21. The molecule has 0 radical (unpaired) electrons. The summed E-state index contributed by atoms with van der Waals surface area (Å²) in [5, 5.41) is 0. The summed E-state index contributed by atoms with van der Waals surface area (Å²) in [4.78, 5) is 14.2. The molecule has 92 valence electrons. The third-order valence-electron chi connectivity index (χ3n) is 3.44. The lowest BCUT2D eigenvalue weighted by Gasteiger charge is -2.16. The minimum Gasteiger partial charge on any atom is -0.399 e. The molecule has 3 nitrogen and oxygen atoms in total. The first-order chi connectivity index (χ1) is 7.97. The molecule has 1 fully saturated rings. The lowest BCUT2D eigenvalue weighted by molar-refractivity contribution is 0.0785. The second-order valence-corrected chi connectivity index (χ2v) is 5.85. The van der Waals surface area contributed by atoms with Gasteiger partial charge in [0, 0.05) is 28.8 Å². The van der Waals surface area contributed by atoms with Crippen molar-refractivity contribution >= 4 is 27.5 Å². The van der Waals surface area contributed by atoms with Crippen LogP contribution in [-0.2, 0) is 0 Å². The van der Waals surface area contributed by atoms with Gasteiger partial charge in [-0.3, -0.25) is 4.79 Å². The van der Waals surface area contributed by atoms with E-state index in [0.717, 1.165) is 17.6 Å². The number of carbonyl (C=O) groups excluding carboxylic acids is 1. The van der Waals surface area contributed by atoms with E-state index >= 15 is 0 Å². The Morgan fingerprint density at radius 3 is 2.41 bits per heavy atom. The summed E-state index contributed by atoms with van der Waals surface area (Å²) in [6, 6.07) is 5.36. The van der Waals surface area contributed by atoms with E-state index in [1.54, 1.807) is 12.1 Å². The number of likely N-dealkylation sites (tertiary alicyclic amines) is 1. The van der Waals surface area contributed by atoms with Crippen molar-refractivity contribution in [2.75, 3.05) is 18.8 Å². The van der Waals surface area contributed by atoms with Crippen LogP contribution in [0.1, 0.15) is 24.2 Å². The van der Waals surface area contributed by atoms with E-state index in [4.69, 9.17) is 5.73 Å². The molecule has 0 bridgehead atoms. The number of anilines is 1. The molecule has 1 aliphatic heterocycles. The maximum Gasteiger partial charge on any atom is 0.253 e. The first-order valence-electron chi connectivity index (χ1n) is 5.82. The second kappa shape index (κ2) is 4.69. The van der Waals surface area contributed by atoms with E-state index in [1.807, 2.05) is 11.0 Å². The molecule has 1 aromatic rings. The standard InChI is InChI=1S/C13H17BrN2O/c1-8-6-16(7-9(8)2)13(17)10-3-11(14)5-12(15)4-10/h3-5,8-9H,6-7,15H2,1-2H3. The average molecular weight is 297 g/mol. The highest BCUT2D eigenvalue weighted by Gasteiger charge is 2.29. The van der Waals surface area contributed by atoms with Crippen LogP contribution in [0.3, 0.4) is 0 Å². The van der Waals surface area contributed by atoms with Crippen molar-refractivity contribution in [2.24, 2.45) is 11.8 Å². The molecule has 0 aromatic heterocycles. The number of hydrogen-bond acceptors (Lipinski definition) is 2. The zero-order chi connectivity index (χ0) is 12.6. The molecule has 1 amide bonds. The summed E-state index contributed by atoms with van der Waals surface area (Å²) in [5.74, 6) is 1.22. The molecule has 2 rings (SSSR count). The SMILES string of the molecule is CC1CN(C(=O)c2cc(N)cc(Br)c2)CC1C. The minimum atomic E-state index is 0.0780. The molecule has 0 saturated carbocycles. The van der Waals surface area contributed by atoms with Gasteiger partial charge in [0.2, 0.25) is 0 Å². The van der Waals surface area contributed by atoms with Crippen molar-refractivity contribution in [1.29, 1.82) is 0 Å². The van der Waals surface area contributed by atoms with Gasteiger partial charge in [-0.1, -0.05) is 29.8 Å². The number of amides is 1. The number of carbonyl (C=O) groups is 1. The van der Waals surface area contributed by atoms with Crippen molar-refractivity contribution in [2.45, 2.75) is 13.8 Å². The van der Waals surface area contributed by atoms with Gasteiger partial charge in [-0.05, 0) is 30.0 Å². The maximum absolute atomic E-state index is 12.3. The molecule has 1 aromatic carbocycles. The van der Waals surface area contributed by atoms with Crippen LogP contribution in [0.5, 0.6) is 0 Å². The predicted octanol–water partition coefficient (Wildman–Crippen LogP) is 2.76. The van der Waals surface area contributed by atoms with Gasteiger partial charge in [0.25, 0.3) is 5.91 Å². The lowest BCUT2D eigenvalue weighted by atomic mass is 10.0. The van der Waals surface area contributed by atoms with Crippen LogP contribution in [-0.4, -0.2) is 23.9 Å². The minimum absolute atomic E-state index is 0.0780. The first kappa shape index (κ1) is 12.4. The summed E-state index contributed by atoms with van der Waals surface area (Å²) < 4.78 is 0.848. The number of nitrogens with two attached hydrogens (primary N) is 1. The number of rotatable bonds is 1. The van der Waals surface area contributed by atoms with E-state index < -0.39 is 0 Å². The predicted molar refractivity (Wildman–Crippen MR) is 72.8 cm³/mol. The number of nitrogens with zero attached hydrogens (tertiary/aromatic N) is 1. The van der Waals surface area contributed by atoms with Gasteiger partial charge in [-0.15, -0.1) is 0 Å². The quantitative estimate of drug-likeness (QED) is 0.810. The van der Waals surface area contributed by atoms with Crippen LogP contribution in [0, 0.1) is 11.8 Å². The fourth-order valence-corrected chi connectivity index (χ4v) is 2.72. The lowest BCUT2D eigenvalue weighted by Crippen LogP contribution is -2.28. The Morgan fingerprint density at radius 1 is 1.29 bits per heavy atom. The number of benzene rings is 1. The van der Waals surface area contributed by atoms with Gasteiger partial charge in [0.15, 0.2) is 0 Å². The van der Waals surface area contributed by atoms with E-state index in [1.165, 1.54) is 0 Å². The molecule has 2 N–H and O–H groups in total. The summed E-state index contributed by atoms with van der Waals surface area (Å²) in [5.41, 5.74) is 7.03. The molecule has 4 heteroatoms. The van der Waals surface area contributed by atoms with Gasteiger partial charge in [0.05, 0.1) is 0 Å².